The van der Waals surface area contributed by atoms with Crippen LogP contribution in [0.15, 0.2) is 18.3 Å². The smallest absolute Gasteiger partial charge is 0.154 e. The number of anilines is 1. The number of nitrogens with two attached hydrogens (primary N) is 1. The first kappa shape index (κ1) is 9.15. The van der Waals surface area contributed by atoms with E-state index >= 15 is 0 Å². The molecule has 0 unspecified atom stereocenters. The maximum Gasteiger partial charge on any atom is 0.154 e. The van der Waals surface area contributed by atoms with Crippen LogP contribution < -0.4 is 5.73 Å². The van der Waals surface area contributed by atoms with E-state index in [1.807, 2.05) is 0 Å². The largest absolute Gasteiger partial charge is 0.382 e. The maximum absolute atomic E-state index is 5.76. The van der Waals surface area contributed by atoms with Crippen molar-refractivity contribution in [1.29, 1.82) is 0 Å². The van der Waals surface area contributed by atoms with E-state index in [2.05, 4.69) is 41.2 Å². The highest BCUT2D eigenvalue weighted by Gasteiger charge is 2.09. The summed E-state index contributed by atoms with van der Waals surface area (Å²) in [6.07, 6.45) is 1.78. The van der Waals surface area contributed by atoms with E-state index in [-0.39, 0.29) is 0 Å². The number of benzene rings is 1. The standard InChI is InChI=1S/C12H12N4/c1-6-3-7(2)10-8(4-6)11-9(5-14-10)12(13)16-15-11/h3-5H,1-2H3,(H3,13,15,16). The fourth-order valence-electron chi connectivity index (χ4n) is 2.15. The molecule has 2 heterocycles. The number of fused-ring (bicyclic) bond motifs is 3. The summed E-state index contributed by atoms with van der Waals surface area (Å²) in [5, 5.41) is 8.96. The second-order valence-corrected chi connectivity index (χ2v) is 4.13. The van der Waals surface area contributed by atoms with Crippen LogP contribution in [-0.4, -0.2) is 15.2 Å². The van der Waals surface area contributed by atoms with Crippen LogP contribution >= 0.6 is 0 Å². The molecular formula is C12H12N4. The maximum atomic E-state index is 5.76. The molecule has 0 aliphatic carbocycles. The minimum absolute atomic E-state index is 0.503. The fourth-order valence-corrected chi connectivity index (χ4v) is 2.15. The van der Waals surface area contributed by atoms with Crippen LogP contribution in [0.5, 0.6) is 0 Å². The number of nitrogen functional groups attached to an aromatic ring is 1. The van der Waals surface area contributed by atoms with E-state index < -0.39 is 0 Å². The van der Waals surface area contributed by atoms with E-state index in [1.165, 1.54) is 11.1 Å². The quantitative estimate of drug-likeness (QED) is 0.600. The SMILES string of the molecule is Cc1cc(C)c2ncc3c(N)n[nH]c3c2c1. The monoisotopic (exact) mass is 212 g/mol. The number of hydrogen-bond acceptors (Lipinski definition) is 3. The van der Waals surface area contributed by atoms with Crippen molar-refractivity contribution in [2.75, 3.05) is 5.73 Å². The molecule has 0 saturated heterocycles. The molecule has 0 bridgehead atoms. The average molecular weight is 212 g/mol. The average Bonchev–Trinajstić information content (AvgIpc) is 2.60. The second-order valence-electron chi connectivity index (χ2n) is 4.13. The van der Waals surface area contributed by atoms with Gasteiger partial charge in [0.15, 0.2) is 5.82 Å². The van der Waals surface area contributed by atoms with Gasteiger partial charge in [-0.25, -0.2) is 0 Å². The topological polar surface area (TPSA) is 67.6 Å². The lowest BCUT2D eigenvalue weighted by molar-refractivity contribution is 1.13. The first-order valence-corrected chi connectivity index (χ1v) is 5.16. The first-order valence-electron chi connectivity index (χ1n) is 5.16. The Kier molecular flexibility index (Phi) is 1.68. The van der Waals surface area contributed by atoms with E-state index in [1.54, 1.807) is 6.20 Å². The molecule has 3 N–H and O–H groups in total. The summed E-state index contributed by atoms with van der Waals surface area (Å²) in [6, 6.07) is 4.23. The van der Waals surface area contributed by atoms with Gasteiger partial charge < -0.3 is 5.73 Å². The molecule has 0 radical (unpaired) electrons. The third-order valence-electron chi connectivity index (χ3n) is 2.87. The van der Waals surface area contributed by atoms with Crippen LogP contribution in [0.4, 0.5) is 5.82 Å². The van der Waals surface area contributed by atoms with Crippen LogP contribution in [0.2, 0.25) is 0 Å². The molecule has 2 aromatic heterocycles. The molecule has 0 saturated carbocycles. The van der Waals surface area contributed by atoms with Crippen LogP contribution in [0, 0.1) is 13.8 Å². The zero-order valence-corrected chi connectivity index (χ0v) is 9.20. The van der Waals surface area contributed by atoms with E-state index in [4.69, 9.17) is 5.73 Å². The molecule has 0 amide bonds. The third-order valence-corrected chi connectivity index (χ3v) is 2.87. The number of nitrogens with zero attached hydrogens (tertiary/aromatic N) is 2. The van der Waals surface area contributed by atoms with Gasteiger partial charge in [0.05, 0.1) is 16.4 Å². The molecule has 0 aliphatic rings. The summed E-state index contributed by atoms with van der Waals surface area (Å²) in [5.41, 5.74) is 10.1. The molecule has 80 valence electrons. The van der Waals surface area contributed by atoms with Gasteiger partial charge >= 0.3 is 0 Å². The minimum atomic E-state index is 0.503. The highest BCUT2D eigenvalue weighted by molar-refractivity contribution is 6.07. The Morgan fingerprint density at radius 3 is 2.81 bits per heavy atom. The summed E-state index contributed by atoms with van der Waals surface area (Å²) in [5.74, 6) is 0.503. The number of H-pyrrole nitrogens is 1. The number of pyridine rings is 1. The van der Waals surface area contributed by atoms with Crippen molar-refractivity contribution in [3.63, 3.8) is 0 Å². The van der Waals surface area contributed by atoms with Gasteiger partial charge in [-0.05, 0) is 25.5 Å². The van der Waals surface area contributed by atoms with Crippen LogP contribution in [0.3, 0.4) is 0 Å². The Morgan fingerprint density at radius 1 is 1.19 bits per heavy atom. The summed E-state index contributed by atoms with van der Waals surface area (Å²) < 4.78 is 0. The van der Waals surface area contributed by atoms with Crippen LogP contribution in [-0.2, 0) is 0 Å². The summed E-state index contributed by atoms with van der Waals surface area (Å²) in [4.78, 5) is 4.44. The highest BCUT2D eigenvalue weighted by atomic mass is 15.2. The molecule has 4 heteroatoms. The predicted octanol–water partition coefficient (Wildman–Crippen LogP) is 2.31. The molecule has 16 heavy (non-hydrogen) atoms. The number of rotatable bonds is 0. The molecule has 0 fully saturated rings. The van der Waals surface area contributed by atoms with Crippen molar-refractivity contribution >= 4 is 27.6 Å². The molecule has 0 aliphatic heterocycles. The third kappa shape index (κ3) is 1.10. The van der Waals surface area contributed by atoms with Gasteiger partial charge in [-0.3, -0.25) is 10.1 Å². The molecule has 0 spiro atoms. The molecule has 3 rings (SSSR count). The molecule has 4 nitrogen and oxygen atoms in total. The Hall–Kier alpha value is -2.10. The zero-order chi connectivity index (χ0) is 11.3. The van der Waals surface area contributed by atoms with Crippen molar-refractivity contribution < 1.29 is 0 Å². The van der Waals surface area contributed by atoms with Gasteiger partial charge in [0, 0.05) is 11.6 Å². The molecular weight excluding hydrogens is 200 g/mol. The van der Waals surface area contributed by atoms with E-state index in [0.717, 1.165) is 21.8 Å². The van der Waals surface area contributed by atoms with E-state index in [9.17, 15) is 0 Å². The predicted molar refractivity (Wildman–Crippen MR) is 65.3 cm³/mol. The Morgan fingerprint density at radius 2 is 2.00 bits per heavy atom. The van der Waals surface area contributed by atoms with Gasteiger partial charge in [-0.2, -0.15) is 5.10 Å². The van der Waals surface area contributed by atoms with Gasteiger partial charge in [-0.1, -0.05) is 11.6 Å². The summed E-state index contributed by atoms with van der Waals surface area (Å²) >= 11 is 0. The van der Waals surface area contributed by atoms with Gasteiger partial charge in [0.2, 0.25) is 0 Å². The van der Waals surface area contributed by atoms with Gasteiger partial charge in [-0.15, -0.1) is 0 Å². The van der Waals surface area contributed by atoms with Gasteiger partial charge in [0.25, 0.3) is 0 Å². The molecule has 3 aromatic rings. The number of aromatic amines is 1. The van der Waals surface area contributed by atoms with Crippen LogP contribution in [0.25, 0.3) is 21.8 Å². The van der Waals surface area contributed by atoms with Crippen molar-refractivity contribution in [1.82, 2.24) is 15.2 Å². The number of nitrogens with one attached hydrogen (secondary N) is 1. The summed E-state index contributed by atoms with van der Waals surface area (Å²) in [7, 11) is 0. The lowest BCUT2D eigenvalue weighted by atomic mass is 10.1. The van der Waals surface area contributed by atoms with Crippen molar-refractivity contribution in [3.8, 4) is 0 Å². The lowest BCUT2D eigenvalue weighted by Gasteiger charge is -2.04. The van der Waals surface area contributed by atoms with Crippen molar-refractivity contribution in [3.05, 3.63) is 29.5 Å². The van der Waals surface area contributed by atoms with Crippen molar-refractivity contribution in [2.45, 2.75) is 13.8 Å². The van der Waals surface area contributed by atoms with Gasteiger partial charge in [0.1, 0.15) is 0 Å². The Bertz CT molecular complexity index is 697. The lowest BCUT2D eigenvalue weighted by Crippen LogP contribution is -1.88. The second kappa shape index (κ2) is 2.95. The first-order chi connectivity index (χ1) is 7.66. The zero-order valence-electron chi connectivity index (χ0n) is 9.20. The number of aryl methyl sites for hydroxylation is 2. The normalized spacial score (nSPS) is 11.4. The fraction of sp³-hybridized carbons (Fsp3) is 0.167. The highest BCUT2D eigenvalue weighted by Crippen LogP contribution is 2.27. The minimum Gasteiger partial charge on any atom is -0.382 e. The molecule has 1 aromatic carbocycles. The number of aromatic nitrogens is 3. The van der Waals surface area contributed by atoms with Crippen LogP contribution in [0.1, 0.15) is 11.1 Å². The Labute approximate surface area is 92.5 Å². The van der Waals surface area contributed by atoms with E-state index in [0.29, 0.717) is 5.82 Å². The van der Waals surface area contributed by atoms with Crippen molar-refractivity contribution in [2.24, 2.45) is 0 Å². The number of hydrogen-bond donors (Lipinski definition) is 2. The molecule has 0 atom stereocenters. The Balaban J connectivity index is 2.59. The summed E-state index contributed by atoms with van der Waals surface area (Å²) in [6.45, 7) is 4.14.